The maximum atomic E-state index is 12.1. The lowest BCUT2D eigenvalue weighted by Crippen LogP contribution is -2.20. The van der Waals surface area contributed by atoms with Crippen LogP contribution in [0.4, 0.5) is 11.4 Å². The van der Waals surface area contributed by atoms with E-state index in [9.17, 15) is 9.59 Å². The predicted molar refractivity (Wildman–Crippen MR) is 97.2 cm³/mol. The smallest absolute Gasteiger partial charge is 0.248 e. The van der Waals surface area contributed by atoms with Crippen LogP contribution in [0.5, 0.6) is 0 Å². The van der Waals surface area contributed by atoms with Gasteiger partial charge in [-0.05, 0) is 29.5 Å². The molecule has 0 unspecified atom stereocenters. The monoisotopic (exact) mass is 350 g/mol. The number of rotatable bonds is 6. The Kier molecular flexibility index (Phi) is 5.33. The van der Waals surface area contributed by atoms with Gasteiger partial charge >= 0.3 is 0 Å². The fraction of sp³-hybridized carbons (Fsp3) is 0.167. The third kappa shape index (κ3) is 4.29. The van der Waals surface area contributed by atoms with Gasteiger partial charge < -0.3 is 10.6 Å². The van der Waals surface area contributed by atoms with E-state index in [4.69, 9.17) is 0 Å². The van der Waals surface area contributed by atoms with E-state index in [1.165, 1.54) is 4.80 Å². The number of amides is 2. The molecule has 0 aliphatic carbocycles. The zero-order valence-electron chi connectivity index (χ0n) is 14.2. The summed E-state index contributed by atoms with van der Waals surface area (Å²) < 4.78 is 0. The second kappa shape index (κ2) is 8.02. The van der Waals surface area contributed by atoms with Crippen LogP contribution in [-0.4, -0.2) is 32.0 Å². The summed E-state index contributed by atoms with van der Waals surface area (Å²) in [5.41, 5.74) is 1.95. The van der Waals surface area contributed by atoms with E-state index in [-0.39, 0.29) is 18.4 Å². The van der Waals surface area contributed by atoms with E-state index >= 15 is 0 Å². The van der Waals surface area contributed by atoms with E-state index in [0.717, 1.165) is 0 Å². The van der Waals surface area contributed by atoms with Crippen molar-refractivity contribution in [1.82, 2.24) is 20.2 Å². The minimum atomic E-state index is -0.257. The highest BCUT2D eigenvalue weighted by atomic mass is 16.2. The molecular weight excluding hydrogens is 332 g/mol. The maximum Gasteiger partial charge on any atom is 0.248 e. The molecule has 0 atom stereocenters. The highest BCUT2D eigenvalue weighted by molar-refractivity contribution is 5.94. The second-order valence-electron chi connectivity index (χ2n) is 5.50. The van der Waals surface area contributed by atoms with Crippen molar-refractivity contribution >= 4 is 23.2 Å². The summed E-state index contributed by atoms with van der Waals surface area (Å²) in [6, 6.07) is 16.3. The number of hydrogen-bond donors (Lipinski definition) is 2. The van der Waals surface area contributed by atoms with E-state index < -0.39 is 0 Å². The molecule has 1 aromatic heterocycles. The molecule has 0 spiro atoms. The number of aromatic nitrogens is 4. The van der Waals surface area contributed by atoms with Gasteiger partial charge in [-0.3, -0.25) is 9.59 Å². The van der Waals surface area contributed by atoms with E-state index in [1.54, 1.807) is 31.2 Å². The zero-order chi connectivity index (χ0) is 18.4. The van der Waals surface area contributed by atoms with Gasteiger partial charge in [0.15, 0.2) is 0 Å². The van der Waals surface area contributed by atoms with Crippen molar-refractivity contribution in [1.29, 1.82) is 0 Å². The molecule has 2 N–H and O–H groups in total. The van der Waals surface area contributed by atoms with Crippen LogP contribution in [0, 0.1) is 0 Å². The zero-order valence-corrected chi connectivity index (χ0v) is 14.2. The van der Waals surface area contributed by atoms with Crippen molar-refractivity contribution in [3.05, 3.63) is 54.6 Å². The van der Waals surface area contributed by atoms with Crippen molar-refractivity contribution in [3.8, 4) is 11.4 Å². The average molecular weight is 350 g/mol. The number of carbonyl (C=O) groups is 2. The summed E-state index contributed by atoms with van der Waals surface area (Å²) in [6.07, 6.45) is 0.369. The van der Waals surface area contributed by atoms with Crippen molar-refractivity contribution in [2.24, 2.45) is 0 Å². The molecule has 2 aromatic carbocycles. The summed E-state index contributed by atoms with van der Waals surface area (Å²) >= 11 is 0. The number of tetrazole rings is 1. The number of nitrogens with one attached hydrogen (secondary N) is 2. The van der Waals surface area contributed by atoms with Crippen LogP contribution in [0.2, 0.25) is 0 Å². The van der Waals surface area contributed by atoms with E-state index in [1.807, 2.05) is 30.3 Å². The maximum absolute atomic E-state index is 12.1. The number of hydrogen-bond acceptors (Lipinski definition) is 5. The molecule has 0 saturated carbocycles. The fourth-order valence-corrected chi connectivity index (χ4v) is 2.29. The predicted octanol–water partition coefficient (Wildman–Crippen LogP) is 2.33. The molecule has 8 heteroatoms. The Balaban J connectivity index is 1.72. The lowest BCUT2D eigenvalue weighted by Gasteiger charge is -2.07. The van der Waals surface area contributed by atoms with Gasteiger partial charge in [0.2, 0.25) is 17.6 Å². The Morgan fingerprint density at radius 1 is 0.962 bits per heavy atom. The first-order valence-electron chi connectivity index (χ1n) is 8.17. The van der Waals surface area contributed by atoms with Gasteiger partial charge in [-0.25, -0.2) is 0 Å². The SMILES string of the molecule is CCC(=O)Nc1ccccc1-c1nnn(CC(=O)Nc2ccccc2)n1. The molecule has 0 saturated heterocycles. The average Bonchev–Trinajstić information content (AvgIpc) is 3.11. The van der Waals surface area contributed by atoms with Gasteiger partial charge in [0, 0.05) is 17.7 Å². The number of para-hydroxylation sites is 2. The highest BCUT2D eigenvalue weighted by Gasteiger charge is 2.13. The number of anilines is 2. The molecule has 3 aromatic rings. The summed E-state index contributed by atoms with van der Waals surface area (Å²) in [6.45, 7) is 1.71. The van der Waals surface area contributed by atoms with E-state index in [0.29, 0.717) is 29.2 Å². The lowest BCUT2D eigenvalue weighted by atomic mass is 10.1. The quantitative estimate of drug-likeness (QED) is 0.710. The molecule has 0 bridgehead atoms. The van der Waals surface area contributed by atoms with Crippen LogP contribution >= 0.6 is 0 Å². The minimum absolute atomic E-state index is 0.0641. The molecule has 8 nitrogen and oxygen atoms in total. The van der Waals surface area contributed by atoms with Gasteiger partial charge in [0.1, 0.15) is 6.54 Å². The van der Waals surface area contributed by atoms with Crippen LogP contribution < -0.4 is 10.6 Å². The summed E-state index contributed by atoms with van der Waals surface area (Å²) in [7, 11) is 0. The molecule has 2 amide bonds. The molecule has 0 radical (unpaired) electrons. The largest absolute Gasteiger partial charge is 0.325 e. The molecule has 1 heterocycles. The van der Waals surface area contributed by atoms with Gasteiger partial charge in [0.25, 0.3) is 0 Å². The van der Waals surface area contributed by atoms with Crippen molar-refractivity contribution < 1.29 is 9.59 Å². The minimum Gasteiger partial charge on any atom is -0.325 e. The van der Waals surface area contributed by atoms with Crippen LogP contribution in [0.3, 0.4) is 0 Å². The molecule has 26 heavy (non-hydrogen) atoms. The van der Waals surface area contributed by atoms with Crippen molar-refractivity contribution in [3.63, 3.8) is 0 Å². The molecule has 0 aliphatic rings. The van der Waals surface area contributed by atoms with Gasteiger partial charge in [0.05, 0.1) is 5.69 Å². The van der Waals surface area contributed by atoms with Crippen LogP contribution in [0.1, 0.15) is 13.3 Å². The second-order valence-corrected chi connectivity index (χ2v) is 5.50. The summed E-state index contributed by atoms with van der Waals surface area (Å²) in [5, 5.41) is 17.7. The first kappa shape index (κ1) is 17.3. The normalized spacial score (nSPS) is 10.3. The van der Waals surface area contributed by atoms with Crippen molar-refractivity contribution in [2.75, 3.05) is 10.6 Å². The third-order valence-corrected chi connectivity index (χ3v) is 3.56. The Hall–Kier alpha value is -3.55. The number of nitrogens with zero attached hydrogens (tertiary/aromatic N) is 4. The first-order valence-corrected chi connectivity index (χ1v) is 8.17. The summed E-state index contributed by atoms with van der Waals surface area (Å²) in [4.78, 5) is 25.0. The van der Waals surface area contributed by atoms with Crippen molar-refractivity contribution in [2.45, 2.75) is 19.9 Å². The Labute approximate surface area is 150 Å². The fourth-order valence-electron chi connectivity index (χ4n) is 2.29. The van der Waals surface area contributed by atoms with Gasteiger partial charge in [-0.1, -0.05) is 37.3 Å². The van der Waals surface area contributed by atoms with E-state index in [2.05, 4.69) is 26.0 Å². The highest BCUT2D eigenvalue weighted by Crippen LogP contribution is 2.24. The van der Waals surface area contributed by atoms with Crippen LogP contribution in [0.15, 0.2) is 54.6 Å². The third-order valence-electron chi connectivity index (χ3n) is 3.56. The van der Waals surface area contributed by atoms with Crippen LogP contribution in [0.25, 0.3) is 11.4 Å². The summed E-state index contributed by atoms with van der Waals surface area (Å²) in [5.74, 6) is -0.0238. The molecule has 3 rings (SSSR count). The Morgan fingerprint density at radius 2 is 1.69 bits per heavy atom. The standard InChI is InChI=1S/C18H18N6O2/c1-2-16(25)20-15-11-7-6-10-14(15)18-21-23-24(22-18)12-17(26)19-13-8-4-3-5-9-13/h3-11H,2,12H2,1H3,(H,19,26)(H,20,25). The lowest BCUT2D eigenvalue weighted by molar-refractivity contribution is -0.117. The number of carbonyl (C=O) groups excluding carboxylic acids is 2. The molecule has 0 fully saturated rings. The van der Waals surface area contributed by atoms with Gasteiger partial charge in [-0.15, -0.1) is 10.2 Å². The Bertz CT molecular complexity index is 907. The molecular formula is C18H18N6O2. The molecule has 132 valence electrons. The topological polar surface area (TPSA) is 102 Å². The Morgan fingerprint density at radius 3 is 2.46 bits per heavy atom. The van der Waals surface area contributed by atoms with Gasteiger partial charge in [-0.2, -0.15) is 4.80 Å². The van der Waals surface area contributed by atoms with Crippen LogP contribution in [-0.2, 0) is 16.1 Å². The first-order chi connectivity index (χ1) is 12.7. The molecule has 0 aliphatic heterocycles. The number of benzene rings is 2.